The van der Waals surface area contributed by atoms with Gasteiger partial charge >= 0.3 is 0 Å². The third-order valence-corrected chi connectivity index (χ3v) is 2.97. The first-order chi connectivity index (χ1) is 10.1. The molecule has 0 aliphatic heterocycles. The van der Waals surface area contributed by atoms with E-state index in [2.05, 4.69) is 10.3 Å². The quantitative estimate of drug-likeness (QED) is 0.801. The highest BCUT2D eigenvalue weighted by atomic mass is 35.5. The molecule has 2 aromatic rings. The monoisotopic (exact) mass is 321 g/mol. The highest BCUT2D eigenvalue weighted by molar-refractivity contribution is 5.90. The molecule has 3 N–H and O–H groups in total. The van der Waals surface area contributed by atoms with Crippen molar-refractivity contribution in [2.75, 3.05) is 17.7 Å². The van der Waals surface area contributed by atoms with Crippen molar-refractivity contribution >= 4 is 29.8 Å². The lowest BCUT2D eigenvalue weighted by Gasteiger charge is -2.09. The Bertz CT molecular complexity index is 603. The van der Waals surface area contributed by atoms with Gasteiger partial charge in [0.15, 0.2) is 0 Å². The van der Waals surface area contributed by atoms with Crippen LogP contribution in [0.3, 0.4) is 0 Å². The van der Waals surface area contributed by atoms with Gasteiger partial charge in [-0.1, -0.05) is 18.2 Å². The fourth-order valence-electron chi connectivity index (χ4n) is 1.84. The van der Waals surface area contributed by atoms with E-state index in [0.29, 0.717) is 31.0 Å². The van der Waals surface area contributed by atoms with Crippen LogP contribution < -0.4 is 15.8 Å². The number of nitrogens with one attached hydrogen (secondary N) is 1. The first kappa shape index (κ1) is 17.8. The molecule has 22 heavy (non-hydrogen) atoms. The van der Waals surface area contributed by atoms with Gasteiger partial charge in [0.1, 0.15) is 11.6 Å². The maximum absolute atomic E-state index is 11.7. The fourth-order valence-corrected chi connectivity index (χ4v) is 1.84. The van der Waals surface area contributed by atoms with Gasteiger partial charge in [-0.25, -0.2) is 4.98 Å². The lowest BCUT2D eigenvalue weighted by atomic mass is 10.2. The standard InChI is InChI=1S/C16H19N3O2.ClH/c1-12-5-2-3-6-14(12)21-10-4-7-16(20)19-13-8-9-15(17)18-11-13;/h2-3,5-6,8-9,11H,4,7,10H2,1H3,(H2,17,18)(H,19,20);1H. The molecule has 6 heteroatoms. The second kappa shape index (κ2) is 8.89. The number of ether oxygens (including phenoxy) is 1. The van der Waals surface area contributed by atoms with Crippen LogP contribution in [0.5, 0.6) is 5.75 Å². The number of hydrogen-bond donors (Lipinski definition) is 2. The summed E-state index contributed by atoms with van der Waals surface area (Å²) in [6, 6.07) is 11.2. The molecule has 0 unspecified atom stereocenters. The Balaban J connectivity index is 0.00000242. The number of amides is 1. The summed E-state index contributed by atoms with van der Waals surface area (Å²) >= 11 is 0. The van der Waals surface area contributed by atoms with E-state index in [4.69, 9.17) is 10.5 Å². The van der Waals surface area contributed by atoms with Gasteiger partial charge in [0.05, 0.1) is 18.5 Å². The summed E-state index contributed by atoms with van der Waals surface area (Å²) in [7, 11) is 0. The molecule has 0 atom stereocenters. The minimum absolute atomic E-state index is 0. The van der Waals surface area contributed by atoms with Crippen LogP contribution in [0.1, 0.15) is 18.4 Å². The van der Waals surface area contributed by atoms with E-state index in [1.807, 2.05) is 31.2 Å². The van der Waals surface area contributed by atoms with Crippen molar-refractivity contribution in [2.45, 2.75) is 19.8 Å². The molecule has 0 aliphatic rings. The van der Waals surface area contributed by atoms with Crippen molar-refractivity contribution in [3.8, 4) is 5.75 Å². The van der Waals surface area contributed by atoms with Crippen molar-refractivity contribution in [1.29, 1.82) is 0 Å². The number of anilines is 2. The Kier molecular flexibility index (Phi) is 7.19. The average molecular weight is 322 g/mol. The number of nitrogens with two attached hydrogens (primary N) is 1. The zero-order chi connectivity index (χ0) is 15.1. The van der Waals surface area contributed by atoms with Gasteiger partial charge in [-0.05, 0) is 37.1 Å². The van der Waals surface area contributed by atoms with Crippen molar-refractivity contribution in [1.82, 2.24) is 4.98 Å². The van der Waals surface area contributed by atoms with E-state index in [1.54, 1.807) is 12.1 Å². The Labute approximate surface area is 136 Å². The third kappa shape index (κ3) is 5.61. The maximum atomic E-state index is 11.7. The predicted molar refractivity (Wildman–Crippen MR) is 90.4 cm³/mol. The molecule has 0 saturated carbocycles. The molecule has 118 valence electrons. The normalized spacial score (nSPS) is 9.68. The van der Waals surface area contributed by atoms with Gasteiger partial charge in [-0.2, -0.15) is 0 Å². The molecule has 0 aliphatic carbocycles. The number of rotatable bonds is 6. The van der Waals surface area contributed by atoms with E-state index in [0.717, 1.165) is 11.3 Å². The number of aryl methyl sites for hydroxylation is 1. The Morgan fingerprint density at radius 3 is 2.73 bits per heavy atom. The topological polar surface area (TPSA) is 77.2 Å². The first-order valence-corrected chi connectivity index (χ1v) is 6.85. The highest BCUT2D eigenvalue weighted by Crippen LogP contribution is 2.16. The number of nitrogen functional groups attached to an aromatic ring is 1. The van der Waals surface area contributed by atoms with Crippen LogP contribution in [-0.2, 0) is 4.79 Å². The van der Waals surface area contributed by atoms with Gasteiger partial charge in [-0.3, -0.25) is 4.79 Å². The van der Waals surface area contributed by atoms with Crippen molar-refractivity contribution < 1.29 is 9.53 Å². The molecule has 1 heterocycles. The number of nitrogens with zero attached hydrogens (tertiary/aromatic N) is 1. The molecule has 0 spiro atoms. The number of para-hydroxylation sites is 1. The van der Waals surface area contributed by atoms with E-state index < -0.39 is 0 Å². The fraction of sp³-hybridized carbons (Fsp3) is 0.250. The summed E-state index contributed by atoms with van der Waals surface area (Å²) in [4.78, 5) is 15.7. The first-order valence-electron chi connectivity index (χ1n) is 6.85. The minimum atomic E-state index is -0.0602. The van der Waals surface area contributed by atoms with Gasteiger partial charge < -0.3 is 15.8 Å². The lowest BCUT2D eigenvalue weighted by Crippen LogP contribution is -2.13. The number of carbonyl (C=O) groups is 1. The molecule has 5 nitrogen and oxygen atoms in total. The summed E-state index contributed by atoms with van der Waals surface area (Å²) < 4.78 is 5.64. The molecule has 1 aromatic heterocycles. The zero-order valence-corrected chi connectivity index (χ0v) is 13.2. The van der Waals surface area contributed by atoms with Gasteiger partial charge in [-0.15, -0.1) is 12.4 Å². The van der Waals surface area contributed by atoms with Crippen LogP contribution in [-0.4, -0.2) is 17.5 Å². The smallest absolute Gasteiger partial charge is 0.224 e. The van der Waals surface area contributed by atoms with Crippen LogP contribution >= 0.6 is 12.4 Å². The molecule has 1 aromatic carbocycles. The summed E-state index contributed by atoms with van der Waals surface area (Å²) in [5, 5.41) is 2.77. The molecule has 0 fully saturated rings. The molecule has 0 bridgehead atoms. The third-order valence-electron chi connectivity index (χ3n) is 2.97. The molecular formula is C16H20ClN3O2. The summed E-state index contributed by atoms with van der Waals surface area (Å²) in [5.74, 6) is 1.23. The lowest BCUT2D eigenvalue weighted by molar-refractivity contribution is -0.116. The number of halogens is 1. The molecule has 0 radical (unpaired) electrons. The summed E-state index contributed by atoms with van der Waals surface area (Å²) in [5.41, 5.74) is 7.22. The molecule has 2 rings (SSSR count). The Morgan fingerprint density at radius 2 is 2.05 bits per heavy atom. The van der Waals surface area contributed by atoms with Crippen LogP contribution in [0.25, 0.3) is 0 Å². The average Bonchev–Trinajstić information content (AvgIpc) is 2.48. The number of carbonyl (C=O) groups excluding carboxylic acids is 1. The predicted octanol–water partition coefficient (Wildman–Crippen LogP) is 3.19. The van der Waals surface area contributed by atoms with E-state index in [9.17, 15) is 4.79 Å². The summed E-state index contributed by atoms with van der Waals surface area (Å²) in [6.45, 7) is 2.51. The van der Waals surface area contributed by atoms with Gasteiger partial charge in [0, 0.05) is 6.42 Å². The van der Waals surface area contributed by atoms with E-state index >= 15 is 0 Å². The maximum Gasteiger partial charge on any atom is 0.224 e. The second-order valence-corrected chi connectivity index (χ2v) is 4.74. The largest absolute Gasteiger partial charge is 0.493 e. The number of hydrogen-bond acceptors (Lipinski definition) is 4. The SMILES string of the molecule is Cc1ccccc1OCCCC(=O)Nc1ccc(N)nc1.Cl. The van der Waals surface area contributed by atoms with E-state index in [-0.39, 0.29) is 18.3 Å². The van der Waals surface area contributed by atoms with Crippen LogP contribution in [0, 0.1) is 6.92 Å². The summed E-state index contributed by atoms with van der Waals surface area (Å²) in [6.07, 6.45) is 2.59. The van der Waals surface area contributed by atoms with Crippen LogP contribution in [0.4, 0.5) is 11.5 Å². The van der Waals surface area contributed by atoms with Crippen molar-refractivity contribution in [2.24, 2.45) is 0 Å². The van der Waals surface area contributed by atoms with Gasteiger partial charge in [0.25, 0.3) is 0 Å². The highest BCUT2D eigenvalue weighted by Gasteiger charge is 2.03. The number of pyridine rings is 1. The zero-order valence-electron chi connectivity index (χ0n) is 12.4. The van der Waals surface area contributed by atoms with Gasteiger partial charge in [0.2, 0.25) is 5.91 Å². The molecule has 1 amide bonds. The second-order valence-electron chi connectivity index (χ2n) is 4.74. The number of aromatic nitrogens is 1. The minimum Gasteiger partial charge on any atom is -0.493 e. The van der Waals surface area contributed by atoms with Crippen molar-refractivity contribution in [3.05, 3.63) is 48.2 Å². The molecule has 0 saturated heterocycles. The van der Waals surface area contributed by atoms with Crippen molar-refractivity contribution in [3.63, 3.8) is 0 Å². The Hall–Kier alpha value is -2.27. The van der Waals surface area contributed by atoms with Crippen LogP contribution in [0.2, 0.25) is 0 Å². The Morgan fingerprint density at radius 1 is 1.27 bits per heavy atom. The van der Waals surface area contributed by atoms with E-state index in [1.165, 1.54) is 6.20 Å². The molecular weight excluding hydrogens is 302 g/mol. The number of benzene rings is 1. The van der Waals surface area contributed by atoms with Crippen LogP contribution in [0.15, 0.2) is 42.6 Å².